The highest BCUT2D eigenvalue weighted by molar-refractivity contribution is 5.41. The molecule has 1 aromatic carbocycles. The topological polar surface area (TPSA) is 53.7 Å². The van der Waals surface area contributed by atoms with E-state index in [1.54, 1.807) is 0 Å². The maximum Gasteiger partial charge on any atom is 0.147 e. The van der Waals surface area contributed by atoms with E-state index in [0.29, 0.717) is 13.4 Å². The van der Waals surface area contributed by atoms with Crippen molar-refractivity contribution in [1.82, 2.24) is 0 Å². The Morgan fingerprint density at radius 3 is 2.80 bits per heavy atom. The molecule has 0 saturated carbocycles. The summed E-state index contributed by atoms with van der Waals surface area (Å²) in [6.45, 7) is 1.68. The standard InChI is InChI=1S/C11H15NO3/c12-9-1-3-10(4-2-9)14-7-11-5-6-13-8-15-11/h1-4,11H,5-8,12H2. The van der Waals surface area contributed by atoms with Gasteiger partial charge in [0.1, 0.15) is 19.1 Å². The summed E-state index contributed by atoms with van der Waals surface area (Å²) in [7, 11) is 0. The monoisotopic (exact) mass is 209 g/mol. The molecule has 1 saturated heterocycles. The van der Waals surface area contributed by atoms with Crippen molar-refractivity contribution >= 4 is 5.69 Å². The quantitative estimate of drug-likeness (QED) is 0.765. The normalized spacial score (nSPS) is 21.2. The van der Waals surface area contributed by atoms with E-state index in [4.69, 9.17) is 19.9 Å². The summed E-state index contributed by atoms with van der Waals surface area (Å²) in [6, 6.07) is 7.35. The molecule has 0 spiro atoms. The molecule has 1 heterocycles. The van der Waals surface area contributed by atoms with Gasteiger partial charge >= 0.3 is 0 Å². The predicted octanol–water partition coefficient (Wildman–Crippen LogP) is 1.41. The molecule has 4 heteroatoms. The van der Waals surface area contributed by atoms with E-state index < -0.39 is 0 Å². The van der Waals surface area contributed by atoms with Crippen LogP contribution in [0.3, 0.4) is 0 Å². The molecule has 4 nitrogen and oxygen atoms in total. The van der Waals surface area contributed by atoms with Crippen molar-refractivity contribution in [3.05, 3.63) is 24.3 Å². The second-order valence-electron chi connectivity index (χ2n) is 3.48. The summed E-state index contributed by atoms with van der Waals surface area (Å²) < 4.78 is 16.0. The largest absolute Gasteiger partial charge is 0.491 e. The molecule has 15 heavy (non-hydrogen) atoms. The Labute approximate surface area is 88.9 Å². The molecule has 0 amide bonds. The van der Waals surface area contributed by atoms with Crippen LogP contribution in [0.4, 0.5) is 5.69 Å². The van der Waals surface area contributed by atoms with Crippen LogP contribution in [0.5, 0.6) is 5.75 Å². The van der Waals surface area contributed by atoms with Crippen LogP contribution in [0.2, 0.25) is 0 Å². The van der Waals surface area contributed by atoms with Crippen molar-refractivity contribution in [3.8, 4) is 5.75 Å². The Bertz CT molecular complexity index is 293. The van der Waals surface area contributed by atoms with E-state index in [1.165, 1.54) is 0 Å². The van der Waals surface area contributed by atoms with E-state index in [0.717, 1.165) is 24.5 Å². The fourth-order valence-corrected chi connectivity index (χ4v) is 1.39. The lowest BCUT2D eigenvalue weighted by atomic mass is 10.2. The van der Waals surface area contributed by atoms with Gasteiger partial charge in [-0.2, -0.15) is 0 Å². The van der Waals surface area contributed by atoms with E-state index in [1.807, 2.05) is 24.3 Å². The molecule has 0 radical (unpaired) electrons. The highest BCUT2D eigenvalue weighted by Crippen LogP contribution is 2.15. The molecule has 1 fully saturated rings. The number of rotatable bonds is 3. The van der Waals surface area contributed by atoms with Crippen molar-refractivity contribution in [3.63, 3.8) is 0 Å². The van der Waals surface area contributed by atoms with E-state index in [-0.39, 0.29) is 6.10 Å². The van der Waals surface area contributed by atoms with Crippen LogP contribution in [0.1, 0.15) is 6.42 Å². The summed E-state index contributed by atoms with van der Waals surface area (Å²) in [4.78, 5) is 0. The van der Waals surface area contributed by atoms with E-state index in [2.05, 4.69) is 0 Å². The fourth-order valence-electron chi connectivity index (χ4n) is 1.39. The van der Waals surface area contributed by atoms with Gasteiger partial charge in [0, 0.05) is 12.1 Å². The molecule has 0 aromatic heterocycles. The summed E-state index contributed by atoms with van der Waals surface area (Å²) >= 11 is 0. The highest BCUT2D eigenvalue weighted by Gasteiger charge is 2.14. The van der Waals surface area contributed by atoms with Gasteiger partial charge in [-0.3, -0.25) is 0 Å². The van der Waals surface area contributed by atoms with Gasteiger partial charge in [0.05, 0.1) is 12.7 Å². The first-order valence-electron chi connectivity index (χ1n) is 5.02. The zero-order valence-corrected chi connectivity index (χ0v) is 8.52. The van der Waals surface area contributed by atoms with Gasteiger partial charge in [0.25, 0.3) is 0 Å². The highest BCUT2D eigenvalue weighted by atomic mass is 16.7. The number of benzene rings is 1. The first kappa shape index (κ1) is 10.3. The number of nitrogens with two attached hydrogens (primary N) is 1. The molecule has 2 N–H and O–H groups in total. The van der Waals surface area contributed by atoms with E-state index >= 15 is 0 Å². The maximum absolute atomic E-state index is 5.57. The number of nitrogen functional groups attached to an aromatic ring is 1. The smallest absolute Gasteiger partial charge is 0.147 e. The average molecular weight is 209 g/mol. The van der Waals surface area contributed by atoms with Crippen molar-refractivity contribution in [2.45, 2.75) is 12.5 Å². The van der Waals surface area contributed by atoms with Crippen LogP contribution in [-0.4, -0.2) is 26.1 Å². The minimum Gasteiger partial charge on any atom is -0.491 e. The molecular weight excluding hydrogens is 194 g/mol. The summed E-state index contributed by atoms with van der Waals surface area (Å²) in [5.74, 6) is 0.819. The van der Waals surface area contributed by atoms with Gasteiger partial charge in [0.2, 0.25) is 0 Å². The average Bonchev–Trinajstić information content (AvgIpc) is 2.30. The van der Waals surface area contributed by atoms with E-state index in [9.17, 15) is 0 Å². The van der Waals surface area contributed by atoms with Gasteiger partial charge in [-0.1, -0.05) is 0 Å². The molecule has 2 rings (SSSR count). The van der Waals surface area contributed by atoms with Crippen molar-refractivity contribution in [2.75, 3.05) is 25.7 Å². The molecule has 82 valence electrons. The molecular formula is C11H15NO3. The zero-order chi connectivity index (χ0) is 10.5. The fraction of sp³-hybridized carbons (Fsp3) is 0.455. The Hall–Kier alpha value is -1.26. The number of hydrogen-bond donors (Lipinski definition) is 1. The first-order chi connectivity index (χ1) is 7.34. The number of ether oxygens (including phenoxy) is 3. The Kier molecular flexibility index (Phi) is 3.42. The van der Waals surface area contributed by atoms with Crippen LogP contribution >= 0.6 is 0 Å². The Morgan fingerprint density at radius 1 is 1.33 bits per heavy atom. The van der Waals surface area contributed by atoms with Crippen LogP contribution < -0.4 is 10.5 Å². The Morgan fingerprint density at radius 2 is 2.13 bits per heavy atom. The minimum atomic E-state index is 0.135. The lowest BCUT2D eigenvalue weighted by Crippen LogP contribution is -2.29. The van der Waals surface area contributed by atoms with Crippen molar-refractivity contribution in [1.29, 1.82) is 0 Å². The van der Waals surface area contributed by atoms with Gasteiger partial charge in [-0.15, -0.1) is 0 Å². The van der Waals surface area contributed by atoms with Crippen molar-refractivity contribution < 1.29 is 14.2 Å². The number of hydrogen-bond acceptors (Lipinski definition) is 4. The lowest BCUT2D eigenvalue weighted by molar-refractivity contribution is -0.147. The molecule has 1 aromatic rings. The van der Waals surface area contributed by atoms with Crippen LogP contribution in [0.25, 0.3) is 0 Å². The number of anilines is 1. The van der Waals surface area contributed by atoms with Gasteiger partial charge < -0.3 is 19.9 Å². The van der Waals surface area contributed by atoms with Gasteiger partial charge in [-0.05, 0) is 24.3 Å². The van der Waals surface area contributed by atoms with Crippen LogP contribution in [0.15, 0.2) is 24.3 Å². The zero-order valence-electron chi connectivity index (χ0n) is 8.52. The molecule has 1 atom stereocenters. The van der Waals surface area contributed by atoms with Crippen LogP contribution in [-0.2, 0) is 9.47 Å². The Balaban J connectivity index is 1.79. The third-order valence-electron chi connectivity index (χ3n) is 2.29. The SMILES string of the molecule is Nc1ccc(OCC2CCOCO2)cc1. The second kappa shape index (κ2) is 5.00. The van der Waals surface area contributed by atoms with Gasteiger partial charge in [0.15, 0.2) is 0 Å². The minimum absolute atomic E-state index is 0.135. The maximum atomic E-state index is 5.57. The summed E-state index contributed by atoms with van der Waals surface area (Å²) in [5.41, 5.74) is 6.31. The molecule has 1 aliphatic rings. The molecule has 1 aliphatic heterocycles. The molecule has 0 aliphatic carbocycles. The molecule has 0 bridgehead atoms. The second-order valence-corrected chi connectivity index (χ2v) is 3.48. The van der Waals surface area contributed by atoms with Gasteiger partial charge in [-0.25, -0.2) is 0 Å². The summed E-state index contributed by atoms with van der Waals surface area (Å²) in [6.07, 6.45) is 1.02. The summed E-state index contributed by atoms with van der Waals surface area (Å²) in [5, 5.41) is 0. The van der Waals surface area contributed by atoms with Crippen molar-refractivity contribution in [2.24, 2.45) is 0 Å². The third-order valence-corrected chi connectivity index (χ3v) is 2.29. The third kappa shape index (κ3) is 3.11. The lowest BCUT2D eigenvalue weighted by Gasteiger charge is -2.22. The predicted molar refractivity (Wildman–Crippen MR) is 56.7 cm³/mol. The first-order valence-corrected chi connectivity index (χ1v) is 5.02. The molecule has 1 unspecified atom stereocenters. The van der Waals surface area contributed by atoms with Crippen LogP contribution in [0, 0.1) is 0 Å².